The number of nitrogens with zero attached hydrogens (tertiary/aromatic N) is 1. The molecule has 11 heteroatoms. The summed E-state index contributed by atoms with van der Waals surface area (Å²) in [7, 11) is 1.68. The fourth-order valence-corrected chi connectivity index (χ4v) is 4.77. The van der Waals surface area contributed by atoms with Gasteiger partial charge in [-0.2, -0.15) is 26.3 Å². The second kappa shape index (κ2) is 10.4. The van der Waals surface area contributed by atoms with Crippen LogP contribution < -0.4 is 0 Å². The third-order valence-corrected chi connectivity index (χ3v) is 6.33. The van der Waals surface area contributed by atoms with Gasteiger partial charge in [0.05, 0.1) is 29.9 Å². The molecule has 2 aromatic carbocycles. The summed E-state index contributed by atoms with van der Waals surface area (Å²) in [6, 6.07) is 6.69. The Morgan fingerprint density at radius 3 is 2.06 bits per heavy atom. The molecule has 0 aromatic heterocycles. The van der Waals surface area contributed by atoms with E-state index in [2.05, 4.69) is 0 Å². The number of rotatable bonds is 7. The Morgan fingerprint density at radius 2 is 1.57 bits per heavy atom. The third-order valence-electron chi connectivity index (χ3n) is 6.22. The molecule has 0 heterocycles. The molecule has 0 bridgehead atoms. The molecule has 0 saturated heterocycles. The van der Waals surface area contributed by atoms with E-state index in [9.17, 15) is 35.5 Å². The summed E-state index contributed by atoms with van der Waals surface area (Å²) in [4.78, 5) is 13.1. The third kappa shape index (κ3) is 6.74. The van der Waals surface area contributed by atoms with E-state index < -0.39 is 52.7 Å². The number of likely N-dealkylation sites (N-methyl/N-ethyl adjacent to an activating group) is 1. The molecule has 3 nitrogen and oxygen atoms in total. The lowest BCUT2D eigenvalue weighted by Crippen LogP contribution is -2.38. The molecule has 0 amide bonds. The van der Waals surface area contributed by atoms with Crippen LogP contribution in [0.2, 0.25) is 0 Å². The largest absolute Gasteiger partial charge is 0.416 e. The normalized spacial score (nSPS) is 22.0. The van der Waals surface area contributed by atoms with Gasteiger partial charge in [-0.15, -0.1) is 0 Å². The molecule has 4 atom stereocenters. The fourth-order valence-electron chi connectivity index (χ4n) is 4.58. The predicted molar refractivity (Wildman–Crippen MR) is 115 cm³/mol. The Kier molecular flexibility index (Phi) is 8.18. The molecule has 3 rings (SSSR count). The Morgan fingerprint density at radius 1 is 1.03 bits per heavy atom. The monoisotopic (exact) mass is 525 g/mol. The van der Waals surface area contributed by atoms with Gasteiger partial charge in [-0.05, 0) is 79.9 Å². The number of hydrogen-bond acceptors (Lipinski definition) is 3. The van der Waals surface area contributed by atoms with Crippen molar-refractivity contribution in [2.75, 3.05) is 13.6 Å². The van der Waals surface area contributed by atoms with Crippen LogP contribution in [0.1, 0.15) is 54.0 Å². The van der Waals surface area contributed by atoms with Crippen molar-refractivity contribution < 1.29 is 40.3 Å². The smallest absolute Gasteiger partial charge is 0.370 e. The van der Waals surface area contributed by atoms with Gasteiger partial charge in [0, 0.05) is 12.0 Å². The van der Waals surface area contributed by atoms with Crippen molar-refractivity contribution in [2.45, 2.75) is 56.3 Å². The molecular formula is C24H23ClF7NO2. The average Bonchev–Trinajstić information content (AvgIpc) is 3.16. The summed E-state index contributed by atoms with van der Waals surface area (Å²) in [5.74, 6) is -0.894. The van der Waals surface area contributed by atoms with Crippen molar-refractivity contribution in [3.8, 4) is 0 Å². The number of carbonyl (C=O) groups excluding carboxylic acids is 1. The maximum Gasteiger partial charge on any atom is 0.416 e. The van der Waals surface area contributed by atoms with E-state index in [0.29, 0.717) is 30.5 Å². The molecular weight excluding hydrogens is 503 g/mol. The van der Waals surface area contributed by atoms with Gasteiger partial charge >= 0.3 is 12.4 Å². The molecule has 1 fully saturated rings. The summed E-state index contributed by atoms with van der Waals surface area (Å²) in [6.07, 6.45) is -10.7. The highest BCUT2D eigenvalue weighted by Crippen LogP contribution is 2.43. The molecule has 0 aliphatic heterocycles. The minimum atomic E-state index is -4.97. The zero-order valence-corrected chi connectivity index (χ0v) is 19.5. The number of carbonyl (C=O) groups is 1. The predicted octanol–water partition coefficient (Wildman–Crippen LogP) is 6.95. The van der Waals surface area contributed by atoms with Gasteiger partial charge < -0.3 is 4.74 Å². The van der Waals surface area contributed by atoms with Crippen LogP contribution in [0.4, 0.5) is 30.7 Å². The van der Waals surface area contributed by atoms with Crippen molar-refractivity contribution in [1.29, 1.82) is 0 Å². The van der Waals surface area contributed by atoms with Crippen LogP contribution in [0.25, 0.3) is 0 Å². The number of halogens is 8. The lowest BCUT2D eigenvalue weighted by molar-refractivity contribution is -0.143. The molecule has 0 N–H and O–H groups in total. The van der Waals surface area contributed by atoms with E-state index in [-0.39, 0.29) is 24.2 Å². The second-order valence-corrected chi connectivity index (χ2v) is 9.07. The van der Waals surface area contributed by atoms with E-state index >= 15 is 0 Å². The first-order valence-electron chi connectivity index (χ1n) is 10.8. The molecule has 0 unspecified atom stereocenters. The van der Waals surface area contributed by atoms with Crippen LogP contribution in [0.15, 0.2) is 42.5 Å². The minimum absolute atomic E-state index is 0.0707. The van der Waals surface area contributed by atoms with Gasteiger partial charge in [-0.3, -0.25) is 9.69 Å². The first-order valence-corrected chi connectivity index (χ1v) is 11.1. The summed E-state index contributed by atoms with van der Waals surface area (Å²) in [5.41, 5.74) is -2.44. The molecule has 1 aliphatic rings. The molecule has 35 heavy (non-hydrogen) atoms. The highest BCUT2D eigenvalue weighted by molar-refractivity contribution is 6.64. The summed E-state index contributed by atoms with van der Waals surface area (Å²) >= 11 is 5.52. The van der Waals surface area contributed by atoms with Gasteiger partial charge in [0.15, 0.2) is 0 Å². The van der Waals surface area contributed by atoms with Crippen molar-refractivity contribution >= 4 is 16.8 Å². The van der Waals surface area contributed by atoms with Crippen LogP contribution in [0.5, 0.6) is 0 Å². The van der Waals surface area contributed by atoms with Crippen LogP contribution in [0, 0.1) is 5.82 Å². The lowest BCUT2D eigenvalue weighted by atomic mass is 9.91. The SMILES string of the molecule is C[C@@H](O[C@H]1CC[C@@H](N(C)CC(=O)Cl)[C@@H]1c1ccc(F)cc1)c1cc(C(F)(F)F)cc(C(F)(F)F)c1. The Balaban J connectivity index is 1.94. The van der Waals surface area contributed by atoms with Crippen molar-refractivity contribution in [3.05, 3.63) is 70.5 Å². The van der Waals surface area contributed by atoms with Crippen molar-refractivity contribution in [2.24, 2.45) is 0 Å². The highest BCUT2D eigenvalue weighted by atomic mass is 35.5. The average molecular weight is 526 g/mol. The lowest BCUT2D eigenvalue weighted by Gasteiger charge is -2.32. The Hall–Kier alpha value is -2.17. The number of hydrogen-bond donors (Lipinski definition) is 0. The van der Waals surface area contributed by atoms with Crippen LogP contribution >= 0.6 is 11.6 Å². The number of alkyl halides is 6. The van der Waals surface area contributed by atoms with Gasteiger partial charge in [0.25, 0.3) is 0 Å². The van der Waals surface area contributed by atoms with Crippen LogP contribution in [-0.4, -0.2) is 35.9 Å². The highest BCUT2D eigenvalue weighted by Gasteiger charge is 2.42. The van der Waals surface area contributed by atoms with Gasteiger partial charge in [-0.25, -0.2) is 4.39 Å². The van der Waals surface area contributed by atoms with Crippen molar-refractivity contribution in [1.82, 2.24) is 4.90 Å². The van der Waals surface area contributed by atoms with E-state index in [0.717, 1.165) is 0 Å². The fraction of sp³-hybridized carbons (Fsp3) is 0.458. The van der Waals surface area contributed by atoms with Crippen LogP contribution in [0.3, 0.4) is 0 Å². The first kappa shape index (κ1) is 27.4. The van der Waals surface area contributed by atoms with E-state index in [1.807, 2.05) is 0 Å². The zero-order chi connectivity index (χ0) is 26.1. The summed E-state index contributed by atoms with van der Waals surface area (Å²) < 4.78 is 99.2. The molecule has 1 saturated carbocycles. The maximum absolute atomic E-state index is 13.5. The topological polar surface area (TPSA) is 29.5 Å². The van der Waals surface area contributed by atoms with Gasteiger partial charge in [0.2, 0.25) is 5.24 Å². The quantitative estimate of drug-likeness (QED) is 0.289. The first-order chi connectivity index (χ1) is 16.2. The van der Waals surface area contributed by atoms with Gasteiger partial charge in [0.1, 0.15) is 5.82 Å². The minimum Gasteiger partial charge on any atom is -0.370 e. The molecule has 0 spiro atoms. The number of ether oxygens (including phenoxy) is 1. The van der Waals surface area contributed by atoms with Crippen molar-refractivity contribution in [3.63, 3.8) is 0 Å². The van der Waals surface area contributed by atoms with E-state index in [4.69, 9.17) is 16.3 Å². The van der Waals surface area contributed by atoms with E-state index in [1.54, 1.807) is 24.1 Å². The molecule has 1 aliphatic carbocycles. The maximum atomic E-state index is 13.5. The molecule has 2 aromatic rings. The molecule has 0 radical (unpaired) electrons. The zero-order valence-electron chi connectivity index (χ0n) is 18.8. The van der Waals surface area contributed by atoms with Crippen LogP contribution in [-0.2, 0) is 21.9 Å². The molecule has 192 valence electrons. The Bertz CT molecular complexity index is 1010. The summed E-state index contributed by atoms with van der Waals surface area (Å²) in [5, 5.41) is -0.591. The second-order valence-electron chi connectivity index (χ2n) is 8.65. The van der Waals surface area contributed by atoms with E-state index in [1.165, 1.54) is 19.1 Å². The Labute approximate surface area is 202 Å². The standard InChI is InChI=1S/C24H23ClF7NO2/c1-13(15-9-16(23(27,28)29)11-17(10-15)24(30,31)32)35-20-8-7-19(33(2)12-21(25)34)22(20)14-3-5-18(26)6-4-14/h3-6,9-11,13,19-20,22H,7-8,12H2,1-2H3/t13-,19-,20+,22+/m1/s1. The van der Waals surface area contributed by atoms with Gasteiger partial charge in [-0.1, -0.05) is 12.1 Å². The summed E-state index contributed by atoms with van der Waals surface area (Å²) in [6.45, 7) is 1.31. The number of benzene rings is 2.